The summed E-state index contributed by atoms with van der Waals surface area (Å²) in [6, 6.07) is 13.6. The minimum absolute atomic E-state index is 0.0840. The summed E-state index contributed by atoms with van der Waals surface area (Å²) in [5, 5.41) is 3.66. The van der Waals surface area contributed by atoms with Crippen LogP contribution in [0, 0.1) is 0 Å². The Kier molecular flexibility index (Phi) is 11.5. The first-order valence-corrected chi connectivity index (χ1v) is 15.9. The summed E-state index contributed by atoms with van der Waals surface area (Å²) in [6.07, 6.45) is 6.07. The number of rotatable bonds is 14. The maximum atomic E-state index is 13.6. The van der Waals surface area contributed by atoms with Crippen molar-refractivity contribution < 1.29 is 22.7 Å². The van der Waals surface area contributed by atoms with Crippen molar-refractivity contribution in [3.05, 3.63) is 59.1 Å². The normalized spacial score (nSPS) is 14.6. The predicted octanol–water partition coefficient (Wildman–Crippen LogP) is 5.15. The summed E-state index contributed by atoms with van der Waals surface area (Å²) < 4.78 is 31.9. The molecule has 0 aromatic heterocycles. The van der Waals surface area contributed by atoms with Crippen molar-refractivity contribution in [2.45, 2.75) is 77.4 Å². The molecule has 3 rings (SSSR count). The summed E-state index contributed by atoms with van der Waals surface area (Å²) in [6.45, 7) is 4.61. The molecule has 1 saturated carbocycles. The highest BCUT2D eigenvalue weighted by Crippen LogP contribution is 2.24. The van der Waals surface area contributed by atoms with Gasteiger partial charge >= 0.3 is 0 Å². The highest BCUT2D eigenvalue weighted by molar-refractivity contribution is 7.92. The molecule has 1 aliphatic carbocycles. The summed E-state index contributed by atoms with van der Waals surface area (Å²) in [5.41, 5.74) is 1.26. The molecule has 214 valence electrons. The van der Waals surface area contributed by atoms with Crippen LogP contribution in [0.15, 0.2) is 48.5 Å². The monoisotopic (exact) mass is 577 g/mol. The molecule has 1 aliphatic rings. The predicted molar refractivity (Wildman–Crippen MR) is 156 cm³/mol. The van der Waals surface area contributed by atoms with Gasteiger partial charge in [-0.2, -0.15) is 0 Å². The lowest BCUT2D eigenvalue weighted by molar-refractivity contribution is -0.141. The van der Waals surface area contributed by atoms with Crippen molar-refractivity contribution in [2.24, 2.45) is 0 Å². The third kappa shape index (κ3) is 8.86. The number of nitrogens with zero attached hydrogens (tertiary/aromatic N) is 2. The van der Waals surface area contributed by atoms with Crippen molar-refractivity contribution >= 4 is 39.1 Å². The van der Waals surface area contributed by atoms with E-state index in [4.69, 9.17) is 16.3 Å². The van der Waals surface area contributed by atoms with Crippen LogP contribution in [0.5, 0.6) is 5.75 Å². The lowest BCUT2D eigenvalue weighted by Crippen LogP contribution is -2.51. The second-order valence-corrected chi connectivity index (χ2v) is 12.2. The van der Waals surface area contributed by atoms with Crippen molar-refractivity contribution in [3.63, 3.8) is 0 Å². The Balaban J connectivity index is 1.75. The van der Waals surface area contributed by atoms with Gasteiger partial charge in [0.1, 0.15) is 11.8 Å². The van der Waals surface area contributed by atoms with Crippen LogP contribution in [0.2, 0.25) is 5.02 Å². The van der Waals surface area contributed by atoms with Crippen LogP contribution in [-0.4, -0.2) is 56.6 Å². The minimum atomic E-state index is -3.58. The van der Waals surface area contributed by atoms with Gasteiger partial charge in [-0.25, -0.2) is 8.42 Å². The van der Waals surface area contributed by atoms with Crippen LogP contribution in [0.25, 0.3) is 0 Å². The SMILES string of the molecule is CCOc1ccc(N(CCCC(=O)N(Cc2ccccc2Cl)[C@@H](CC)C(=O)NC2CCCC2)S(C)(=O)=O)cc1. The van der Waals surface area contributed by atoms with Crippen molar-refractivity contribution in [3.8, 4) is 5.75 Å². The van der Waals surface area contributed by atoms with Crippen molar-refractivity contribution in [2.75, 3.05) is 23.7 Å². The molecule has 1 fully saturated rings. The first-order valence-electron chi connectivity index (χ1n) is 13.7. The fourth-order valence-corrected chi connectivity index (χ4v) is 6.14. The van der Waals surface area contributed by atoms with E-state index < -0.39 is 16.1 Å². The molecular formula is C29H40ClN3O5S. The Morgan fingerprint density at radius 3 is 2.33 bits per heavy atom. The molecule has 1 N–H and O–H groups in total. The molecule has 0 heterocycles. The molecule has 0 saturated heterocycles. The number of ether oxygens (including phenoxy) is 1. The minimum Gasteiger partial charge on any atom is -0.494 e. The lowest BCUT2D eigenvalue weighted by Gasteiger charge is -2.32. The second kappa shape index (κ2) is 14.6. The van der Waals surface area contributed by atoms with E-state index in [0.29, 0.717) is 35.9 Å². The van der Waals surface area contributed by atoms with Gasteiger partial charge < -0.3 is 15.0 Å². The topological polar surface area (TPSA) is 96.0 Å². The Hall–Kier alpha value is -2.78. The fraction of sp³-hybridized carbons (Fsp3) is 0.517. The standard InChI is InChI=1S/C29H40ClN3O5S/c1-4-27(29(35)31-23-12-7-8-13-23)32(21-22-11-6-9-14-26(22)30)28(34)15-10-20-33(39(3,36)37)24-16-18-25(19-17-24)38-5-2/h6,9,11,14,16-19,23,27H,4-5,7-8,10,12-13,15,20-21H2,1-3H3,(H,31,35)/t27-/m0/s1. The Morgan fingerprint density at radius 1 is 1.08 bits per heavy atom. The van der Waals surface area contributed by atoms with E-state index in [0.717, 1.165) is 37.5 Å². The molecule has 0 aliphatic heterocycles. The Labute approximate surface area is 237 Å². The number of benzene rings is 2. The van der Waals surface area contributed by atoms with Gasteiger partial charge in [0.05, 0.1) is 18.6 Å². The fourth-order valence-electron chi connectivity index (χ4n) is 4.98. The zero-order chi connectivity index (χ0) is 28.4. The molecule has 0 bridgehead atoms. The Morgan fingerprint density at radius 2 is 1.74 bits per heavy atom. The van der Waals surface area contributed by atoms with Crippen LogP contribution >= 0.6 is 11.6 Å². The molecule has 10 heteroatoms. The first kappa shape index (κ1) is 30.8. The van der Waals surface area contributed by atoms with E-state index in [1.807, 2.05) is 32.0 Å². The van der Waals surface area contributed by atoms with Crippen LogP contribution < -0.4 is 14.4 Å². The highest BCUT2D eigenvalue weighted by Gasteiger charge is 2.31. The number of hydrogen-bond acceptors (Lipinski definition) is 5. The molecule has 0 unspecified atom stereocenters. The molecule has 2 amide bonds. The summed E-state index contributed by atoms with van der Waals surface area (Å²) in [4.78, 5) is 28.5. The van der Waals surface area contributed by atoms with E-state index >= 15 is 0 Å². The molecule has 8 nitrogen and oxygen atoms in total. The van der Waals surface area contributed by atoms with E-state index in [2.05, 4.69) is 5.32 Å². The third-order valence-corrected chi connectivity index (χ3v) is 8.54. The van der Waals surface area contributed by atoms with Gasteiger partial charge in [0, 0.05) is 30.6 Å². The largest absolute Gasteiger partial charge is 0.494 e. The number of sulfonamides is 1. The number of carbonyl (C=O) groups is 2. The molecule has 2 aromatic rings. The van der Waals surface area contributed by atoms with Crippen LogP contribution in [0.1, 0.15) is 64.4 Å². The van der Waals surface area contributed by atoms with Crippen LogP contribution in [0.4, 0.5) is 5.69 Å². The van der Waals surface area contributed by atoms with E-state index in [1.165, 1.54) is 4.31 Å². The number of nitrogens with one attached hydrogen (secondary N) is 1. The number of halogens is 1. The summed E-state index contributed by atoms with van der Waals surface area (Å²) in [7, 11) is -3.58. The number of amides is 2. The van der Waals surface area contributed by atoms with Gasteiger partial charge in [0.15, 0.2) is 0 Å². The van der Waals surface area contributed by atoms with Gasteiger partial charge in [-0.3, -0.25) is 13.9 Å². The van der Waals surface area contributed by atoms with E-state index in [1.54, 1.807) is 35.2 Å². The molecule has 1 atom stereocenters. The molecule has 0 spiro atoms. The molecule has 0 radical (unpaired) electrons. The molecular weight excluding hydrogens is 538 g/mol. The first-order chi connectivity index (χ1) is 18.6. The average Bonchev–Trinajstić information content (AvgIpc) is 3.40. The second-order valence-electron chi connectivity index (χ2n) is 9.89. The average molecular weight is 578 g/mol. The quantitative estimate of drug-likeness (QED) is 0.335. The van der Waals surface area contributed by atoms with E-state index in [9.17, 15) is 18.0 Å². The number of anilines is 1. The maximum Gasteiger partial charge on any atom is 0.243 e. The number of carbonyl (C=O) groups excluding carboxylic acids is 2. The van der Waals surface area contributed by atoms with Gasteiger partial charge in [0.25, 0.3) is 0 Å². The highest BCUT2D eigenvalue weighted by atomic mass is 35.5. The van der Waals surface area contributed by atoms with Gasteiger partial charge in [0.2, 0.25) is 21.8 Å². The van der Waals surface area contributed by atoms with Crippen LogP contribution in [-0.2, 0) is 26.2 Å². The third-order valence-electron chi connectivity index (χ3n) is 6.97. The summed E-state index contributed by atoms with van der Waals surface area (Å²) >= 11 is 6.41. The zero-order valence-electron chi connectivity index (χ0n) is 23.1. The van der Waals surface area contributed by atoms with Crippen LogP contribution in [0.3, 0.4) is 0 Å². The van der Waals surface area contributed by atoms with Crippen molar-refractivity contribution in [1.82, 2.24) is 10.2 Å². The van der Waals surface area contributed by atoms with Gasteiger partial charge in [-0.1, -0.05) is 49.6 Å². The Bertz CT molecular complexity index is 1200. The lowest BCUT2D eigenvalue weighted by atomic mass is 10.1. The zero-order valence-corrected chi connectivity index (χ0v) is 24.6. The summed E-state index contributed by atoms with van der Waals surface area (Å²) in [5.74, 6) is 0.280. The van der Waals surface area contributed by atoms with Crippen molar-refractivity contribution in [1.29, 1.82) is 0 Å². The van der Waals surface area contributed by atoms with E-state index in [-0.39, 0.29) is 37.4 Å². The molecule has 39 heavy (non-hydrogen) atoms. The molecule has 2 aromatic carbocycles. The van der Waals surface area contributed by atoms with Gasteiger partial charge in [-0.05, 0) is 68.5 Å². The maximum absolute atomic E-state index is 13.6. The van der Waals surface area contributed by atoms with Gasteiger partial charge in [-0.15, -0.1) is 0 Å². The number of hydrogen-bond donors (Lipinski definition) is 1. The smallest absolute Gasteiger partial charge is 0.243 e.